The summed E-state index contributed by atoms with van der Waals surface area (Å²) in [6, 6.07) is 45.1. The maximum Gasteiger partial charge on any atom is 0.135 e. The number of benzene rings is 6. The minimum absolute atomic E-state index is 0.823. The van der Waals surface area contributed by atoms with E-state index in [1.807, 2.05) is 47.8 Å². The Labute approximate surface area is 301 Å². The van der Waals surface area contributed by atoms with Gasteiger partial charge in [-0.25, -0.2) is 0 Å². The zero-order chi connectivity index (χ0) is 34.3. The first-order chi connectivity index (χ1) is 25.2. The predicted molar refractivity (Wildman–Crippen MR) is 217 cm³/mol. The van der Waals surface area contributed by atoms with Gasteiger partial charge in [0, 0.05) is 42.4 Å². The van der Waals surface area contributed by atoms with Gasteiger partial charge in [-0.15, -0.1) is 11.3 Å². The Morgan fingerprint density at radius 1 is 0.510 bits per heavy atom. The van der Waals surface area contributed by atoms with Gasteiger partial charge in [-0.1, -0.05) is 128 Å². The second kappa shape index (κ2) is 12.8. The van der Waals surface area contributed by atoms with Gasteiger partial charge in [0.25, 0.3) is 0 Å². The fourth-order valence-corrected chi connectivity index (χ4v) is 8.15. The van der Waals surface area contributed by atoms with E-state index in [-0.39, 0.29) is 0 Å². The van der Waals surface area contributed by atoms with Gasteiger partial charge in [-0.05, 0) is 88.0 Å². The molecule has 0 fully saturated rings. The molecule has 1 aromatic heterocycles. The van der Waals surface area contributed by atoms with Crippen LogP contribution in [0.3, 0.4) is 0 Å². The third-order valence-electron chi connectivity index (χ3n) is 9.49. The molecule has 0 amide bonds. The van der Waals surface area contributed by atoms with Crippen LogP contribution >= 0.6 is 11.3 Å². The standard InChI is InChI=1S/C48H32O2S/c1-3-5-6-19-43-38-16-9-8-15-36(38)40-27-32(21-24-45(40)49-43)34-23-26-48-42(29-34)41-28-33(22-25-47(41)51-48)31(13-4-2)30-46-39-18-10-7-14-35(39)37-17-11-12-20-44(37)50-46/h3-30H,1-2H2/b6-5-,31-13+,43-19-,46-30-. The lowest BCUT2D eigenvalue weighted by Crippen LogP contribution is -2.05. The molecule has 0 saturated carbocycles. The summed E-state index contributed by atoms with van der Waals surface area (Å²) in [7, 11) is 0. The normalized spacial score (nSPS) is 14.9. The molecule has 3 heterocycles. The molecule has 9 rings (SSSR count). The number of para-hydroxylation sites is 1. The number of fused-ring (bicyclic) bond motifs is 9. The van der Waals surface area contributed by atoms with Gasteiger partial charge in [0.1, 0.15) is 23.0 Å². The molecular weight excluding hydrogens is 641 g/mol. The molecule has 0 N–H and O–H groups in total. The highest BCUT2D eigenvalue weighted by atomic mass is 32.1. The molecular formula is C48H32O2S. The van der Waals surface area contributed by atoms with Crippen LogP contribution in [0.5, 0.6) is 11.5 Å². The van der Waals surface area contributed by atoms with E-state index in [9.17, 15) is 0 Å². The van der Waals surface area contributed by atoms with E-state index in [4.69, 9.17) is 9.47 Å². The Balaban J connectivity index is 1.11. The topological polar surface area (TPSA) is 18.5 Å². The van der Waals surface area contributed by atoms with Crippen molar-refractivity contribution in [1.82, 2.24) is 0 Å². The van der Waals surface area contributed by atoms with Gasteiger partial charge in [-0.2, -0.15) is 0 Å². The Morgan fingerprint density at radius 2 is 1.12 bits per heavy atom. The van der Waals surface area contributed by atoms with Crippen LogP contribution in [-0.4, -0.2) is 0 Å². The number of ether oxygens (including phenoxy) is 2. The Kier molecular flexibility index (Phi) is 7.68. The lowest BCUT2D eigenvalue weighted by atomic mass is 9.92. The monoisotopic (exact) mass is 672 g/mol. The molecule has 242 valence electrons. The van der Waals surface area contributed by atoms with Crippen LogP contribution in [0.2, 0.25) is 0 Å². The summed E-state index contributed by atoms with van der Waals surface area (Å²) in [6.45, 7) is 7.83. The van der Waals surface area contributed by atoms with Crippen molar-refractivity contribution >= 4 is 48.6 Å². The van der Waals surface area contributed by atoms with Crippen molar-refractivity contribution in [2.75, 3.05) is 0 Å². The van der Waals surface area contributed by atoms with Gasteiger partial charge in [0.15, 0.2) is 0 Å². The van der Waals surface area contributed by atoms with Crippen LogP contribution in [0.25, 0.3) is 70.6 Å². The summed E-state index contributed by atoms with van der Waals surface area (Å²) < 4.78 is 15.4. The van der Waals surface area contributed by atoms with Gasteiger partial charge < -0.3 is 9.47 Å². The van der Waals surface area contributed by atoms with E-state index in [1.54, 1.807) is 6.08 Å². The van der Waals surface area contributed by atoms with Gasteiger partial charge >= 0.3 is 0 Å². The molecule has 0 bridgehead atoms. The molecule has 2 nitrogen and oxygen atoms in total. The van der Waals surface area contributed by atoms with Crippen LogP contribution < -0.4 is 9.47 Å². The molecule has 7 aromatic rings. The number of allylic oxidation sites excluding steroid dienone is 8. The minimum Gasteiger partial charge on any atom is -0.456 e. The van der Waals surface area contributed by atoms with E-state index in [0.29, 0.717) is 0 Å². The fourth-order valence-electron chi connectivity index (χ4n) is 7.08. The molecule has 0 atom stereocenters. The van der Waals surface area contributed by atoms with E-state index < -0.39 is 0 Å². The second-order valence-electron chi connectivity index (χ2n) is 12.5. The molecule has 0 radical (unpaired) electrons. The van der Waals surface area contributed by atoms with Gasteiger partial charge in [-0.3, -0.25) is 0 Å². The van der Waals surface area contributed by atoms with Crippen molar-refractivity contribution < 1.29 is 9.47 Å². The van der Waals surface area contributed by atoms with Crippen molar-refractivity contribution in [3.63, 3.8) is 0 Å². The molecule has 6 aromatic carbocycles. The van der Waals surface area contributed by atoms with Crippen molar-refractivity contribution in [3.05, 3.63) is 200 Å². The van der Waals surface area contributed by atoms with Gasteiger partial charge in [0.2, 0.25) is 0 Å². The summed E-state index contributed by atoms with van der Waals surface area (Å²) in [5, 5.41) is 2.47. The van der Waals surface area contributed by atoms with Crippen molar-refractivity contribution in [2.45, 2.75) is 0 Å². The number of hydrogen-bond acceptors (Lipinski definition) is 3. The van der Waals surface area contributed by atoms with Crippen LogP contribution in [0.15, 0.2) is 183 Å². The molecule has 2 aliphatic rings. The van der Waals surface area contributed by atoms with Crippen LogP contribution in [-0.2, 0) is 0 Å². The number of hydrogen-bond donors (Lipinski definition) is 0. The predicted octanol–water partition coefficient (Wildman–Crippen LogP) is 13.5. The summed E-state index contributed by atoms with van der Waals surface area (Å²) in [6.07, 6.45) is 13.7. The van der Waals surface area contributed by atoms with Crippen LogP contribution in [0.4, 0.5) is 0 Å². The quantitative estimate of drug-likeness (QED) is 0.164. The Morgan fingerprint density at radius 3 is 1.90 bits per heavy atom. The first-order valence-corrected chi connectivity index (χ1v) is 17.8. The van der Waals surface area contributed by atoms with Crippen molar-refractivity contribution in [1.29, 1.82) is 0 Å². The third-order valence-corrected chi connectivity index (χ3v) is 10.6. The molecule has 0 saturated heterocycles. The summed E-state index contributed by atoms with van der Waals surface area (Å²) in [4.78, 5) is 0. The first kappa shape index (κ1) is 30.6. The average Bonchev–Trinajstić information content (AvgIpc) is 3.55. The largest absolute Gasteiger partial charge is 0.456 e. The minimum atomic E-state index is 0.823. The van der Waals surface area contributed by atoms with Gasteiger partial charge in [0.05, 0.1) is 0 Å². The van der Waals surface area contributed by atoms with E-state index in [1.165, 1.54) is 25.7 Å². The van der Waals surface area contributed by atoms with E-state index in [0.717, 1.165) is 73.1 Å². The zero-order valence-corrected chi connectivity index (χ0v) is 28.6. The SMILES string of the molecule is C=C/C=C\C=C1/Oc2ccc(-c3ccc4sc5ccc(C(/C=C6\Oc7ccccc7-c7ccccc76)=C/C=C)cc5c4c3)cc2-c2ccccc21. The molecule has 0 unspecified atom stereocenters. The van der Waals surface area contributed by atoms with Crippen LogP contribution in [0.1, 0.15) is 16.7 Å². The molecule has 2 aliphatic heterocycles. The fraction of sp³-hybridized carbons (Fsp3) is 0. The first-order valence-electron chi connectivity index (χ1n) is 17.0. The molecule has 51 heavy (non-hydrogen) atoms. The second-order valence-corrected chi connectivity index (χ2v) is 13.6. The lowest BCUT2D eigenvalue weighted by Gasteiger charge is -2.23. The van der Waals surface area contributed by atoms with Crippen molar-refractivity contribution in [3.8, 4) is 44.9 Å². The summed E-state index contributed by atoms with van der Waals surface area (Å²) in [5.74, 6) is 3.37. The van der Waals surface area contributed by atoms with E-state index in [2.05, 4.69) is 141 Å². The zero-order valence-electron chi connectivity index (χ0n) is 27.8. The molecule has 0 spiro atoms. The number of thiophene rings is 1. The number of rotatable bonds is 6. The molecule has 0 aliphatic carbocycles. The maximum absolute atomic E-state index is 6.52. The smallest absolute Gasteiger partial charge is 0.135 e. The Hall–Kier alpha value is -6.42. The third kappa shape index (κ3) is 5.45. The average molecular weight is 673 g/mol. The van der Waals surface area contributed by atoms with Crippen molar-refractivity contribution in [2.24, 2.45) is 0 Å². The molecule has 3 heteroatoms. The maximum atomic E-state index is 6.52. The van der Waals surface area contributed by atoms with E-state index >= 15 is 0 Å². The highest BCUT2D eigenvalue weighted by molar-refractivity contribution is 7.25. The summed E-state index contributed by atoms with van der Waals surface area (Å²) >= 11 is 1.82. The highest BCUT2D eigenvalue weighted by Gasteiger charge is 2.23. The lowest BCUT2D eigenvalue weighted by molar-refractivity contribution is 0.512. The Bertz CT molecular complexity index is 2680. The van der Waals surface area contributed by atoms with Crippen LogP contribution in [0, 0.1) is 0 Å². The summed E-state index contributed by atoms with van der Waals surface area (Å²) in [5.41, 5.74) is 11.1. The highest BCUT2D eigenvalue weighted by Crippen LogP contribution is 2.46.